The summed E-state index contributed by atoms with van der Waals surface area (Å²) in [5.74, 6) is 0.862. The Morgan fingerprint density at radius 2 is 2.08 bits per heavy atom. The summed E-state index contributed by atoms with van der Waals surface area (Å²) in [6, 6.07) is 0.912. The highest BCUT2D eigenvalue weighted by atomic mass is 19.3. The molecule has 0 saturated heterocycles. The van der Waals surface area contributed by atoms with Gasteiger partial charge in [-0.2, -0.15) is 0 Å². The number of pyridine rings is 1. The highest BCUT2D eigenvalue weighted by molar-refractivity contribution is 5.75. The van der Waals surface area contributed by atoms with Gasteiger partial charge in [0.15, 0.2) is 0 Å². The van der Waals surface area contributed by atoms with E-state index in [0.717, 1.165) is 29.7 Å². The Hall–Kier alpha value is -3.82. The van der Waals surface area contributed by atoms with Crippen molar-refractivity contribution in [2.24, 2.45) is 0 Å². The Balaban J connectivity index is 1.63. The Morgan fingerprint density at radius 1 is 1.27 bits per heavy atom. The smallest absolute Gasteiger partial charge is 0.318 e. The van der Waals surface area contributed by atoms with Crippen molar-refractivity contribution in [3.8, 4) is 17.1 Å². The van der Waals surface area contributed by atoms with Crippen molar-refractivity contribution in [2.45, 2.75) is 76.8 Å². The predicted molar refractivity (Wildman–Crippen MR) is 152 cm³/mol. The maximum absolute atomic E-state index is 13.3. The molecular formula is C30H38F2N6O2. The summed E-state index contributed by atoms with van der Waals surface area (Å²) in [5.41, 5.74) is 4.15. The van der Waals surface area contributed by atoms with Crippen LogP contribution in [0.2, 0.25) is 0 Å². The monoisotopic (exact) mass is 552 g/mol. The van der Waals surface area contributed by atoms with Gasteiger partial charge in [-0.05, 0) is 63.5 Å². The van der Waals surface area contributed by atoms with Crippen LogP contribution in [0.25, 0.3) is 16.9 Å². The predicted octanol–water partition coefficient (Wildman–Crippen LogP) is 6.71. The number of hydrogen-bond acceptors (Lipinski definition) is 5. The molecule has 2 atom stereocenters. The molecule has 3 aromatic rings. The first-order chi connectivity index (χ1) is 19.4. The number of halogens is 2. The number of carbonyl (C=O) groups excluding carboxylic acids is 1. The number of aromatic nitrogens is 4. The molecule has 1 saturated carbocycles. The Labute approximate surface area is 234 Å². The summed E-state index contributed by atoms with van der Waals surface area (Å²) < 4.78 is 33.5. The van der Waals surface area contributed by atoms with Gasteiger partial charge in [-0.3, -0.25) is 4.98 Å². The lowest BCUT2D eigenvalue weighted by Gasteiger charge is -2.30. The third kappa shape index (κ3) is 7.03. The molecule has 1 unspecified atom stereocenters. The molecule has 0 bridgehead atoms. The van der Waals surface area contributed by atoms with Gasteiger partial charge >= 0.3 is 6.03 Å². The molecule has 0 radical (unpaired) electrons. The minimum absolute atomic E-state index is 0.180. The molecule has 214 valence electrons. The zero-order chi connectivity index (χ0) is 28.6. The molecule has 1 fully saturated rings. The lowest BCUT2D eigenvalue weighted by Crippen LogP contribution is -2.46. The maximum atomic E-state index is 13.3. The van der Waals surface area contributed by atoms with E-state index in [1.54, 1.807) is 23.2 Å². The summed E-state index contributed by atoms with van der Waals surface area (Å²) >= 11 is 0. The minimum atomic E-state index is -2.42. The van der Waals surface area contributed by atoms with Crippen LogP contribution in [0.15, 0.2) is 56.2 Å². The summed E-state index contributed by atoms with van der Waals surface area (Å²) in [7, 11) is 0. The average Bonchev–Trinajstić information content (AvgIpc) is 3.68. The van der Waals surface area contributed by atoms with Crippen molar-refractivity contribution in [2.75, 3.05) is 13.2 Å². The Morgan fingerprint density at radius 3 is 2.75 bits per heavy atom. The fourth-order valence-electron chi connectivity index (χ4n) is 4.81. The number of imidazole rings is 1. The molecule has 1 N–H and O–H groups in total. The number of nitrogens with zero attached hydrogens (tertiary/aromatic N) is 5. The molecule has 2 amide bonds. The highest BCUT2D eigenvalue weighted by Crippen LogP contribution is 2.44. The molecule has 4 rings (SSSR count). The van der Waals surface area contributed by atoms with Crippen LogP contribution in [-0.2, 0) is 0 Å². The fraction of sp³-hybridized carbons (Fsp3) is 0.467. The van der Waals surface area contributed by atoms with E-state index in [1.807, 2.05) is 42.9 Å². The Kier molecular flexibility index (Phi) is 9.84. The quantitative estimate of drug-likeness (QED) is 0.167. The number of alkyl halides is 2. The second-order valence-corrected chi connectivity index (χ2v) is 10.1. The molecule has 0 spiro atoms. The van der Waals surface area contributed by atoms with E-state index in [-0.39, 0.29) is 24.9 Å². The van der Waals surface area contributed by atoms with Crippen LogP contribution in [0.1, 0.15) is 75.6 Å². The maximum Gasteiger partial charge on any atom is 0.318 e. The third-order valence-electron chi connectivity index (χ3n) is 7.16. The molecule has 1 aliphatic carbocycles. The van der Waals surface area contributed by atoms with E-state index in [4.69, 9.17) is 14.7 Å². The number of nitrogens with one attached hydrogen (secondary N) is 1. The van der Waals surface area contributed by atoms with Crippen LogP contribution in [0.3, 0.4) is 0 Å². The van der Waals surface area contributed by atoms with Gasteiger partial charge in [-0.1, -0.05) is 12.2 Å². The number of ether oxygens (including phenoxy) is 1. The largest absolute Gasteiger partial charge is 0.475 e. The molecule has 0 aromatic carbocycles. The van der Waals surface area contributed by atoms with Crippen molar-refractivity contribution in [3.05, 3.63) is 67.4 Å². The van der Waals surface area contributed by atoms with Gasteiger partial charge in [-0.25, -0.2) is 23.5 Å². The van der Waals surface area contributed by atoms with E-state index in [9.17, 15) is 13.6 Å². The van der Waals surface area contributed by atoms with E-state index in [2.05, 4.69) is 23.5 Å². The van der Waals surface area contributed by atoms with Crippen molar-refractivity contribution in [3.63, 3.8) is 0 Å². The second kappa shape index (κ2) is 13.5. The van der Waals surface area contributed by atoms with Crippen LogP contribution in [0.4, 0.5) is 13.6 Å². The SMILES string of the molecule is C=CCCOc1nc(-c2cc([C@@H](C)N(CC)C(=O)NC(CC=C)CCC(F)F)ncc2C2CC2)cn2ccnc12. The van der Waals surface area contributed by atoms with Gasteiger partial charge in [0.25, 0.3) is 5.88 Å². The van der Waals surface area contributed by atoms with Crippen LogP contribution >= 0.6 is 0 Å². The molecule has 3 aromatic heterocycles. The van der Waals surface area contributed by atoms with Crippen LogP contribution in [0.5, 0.6) is 5.88 Å². The minimum Gasteiger partial charge on any atom is -0.475 e. The van der Waals surface area contributed by atoms with Crippen molar-refractivity contribution >= 4 is 11.7 Å². The molecule has 3 heterocycles. The first-order valence-corrected chi connectivity index (χ1v) is 13.9. The third-order valence-corrected chi connectivity index (χ3v) is 7.16. The lowest BCUT2D eigenvalue weighted by molar-refractivity contribution is 0.128. The van der Waals surface area contributed by atoms with Crippen molar-refractivity contribution in [1.82, 2.24) is 29.6 Å². The summed E-state index contributed by atoms with van der Waals surface area (Å²) in [6.45, 7) is 12.1. The first kappa shape index (κ1) is 29.2. The number of rotatable bonds is 15. The highest BCUT2D eigenvalue weighted by Gasteiger charge is 2.30. The fourth-order valence-corrected chi connectivity index (χ4v) is 4.81. The number of urea groups is 1. The van der Waals surface area contributed by atoms with Crippen molar-refractivity contribution < 1.29 is 18.3 Å². The van der Waals surface area contributed by atoms with Crippen LogP contribution in [0, 0.1) is 0 Å². The number of carbonyl (C=O) groups is 1. The summed E-state index contributed by atoms with van der Waals surface area (Å²) in [5, 5.41) is 2.92. The number of fused-ring (bicyclic) bond motifs is 1. The summed E-state index contributed by atoms with van der Waals surface area (Å²) in [4.78, 5) is 28.9. The zero-order valence-corrected chi connectivity index (χ0v) is 23.2. The number of hydrogen-bond donors (Lipinski definition) is 1. The van der Waals surface area contributed by atoms with E-state index >= 15 is 0 Å². The van der Waals surface area contributed by atoms with Crippen molar-refractivity contribution in [1.29, 1.82) is 0 Å². The standard InChI is InChI=1S/C30H38F2N6O2/c1-5-8-16-40-29-28-33-14-15-37(28)19-26(36-29)23-17-25(34-18-24(23)21-10-11-21)20(4)38(7-3)30(39)35-22(9-6-2)12-13-27(31)32/h5-6,14-15,17-22,27H,1-2,7-13,16H2,3-4H3,(H,35,39)/t20-,22?/m1/s1. The average molecular weight is 553 g/mol. The Bertz CT molecular complexity index is 1320. The first-order valence-electron chi connectivity index (χ1n) is 13.9. The molecular weight excluding hydrogens is 514 g/mol. The van der Waals surface area contributed by atoms with Gasteiger partial charge in [0, 0.05) is 49.4 Å². The van der Waals surface area contributed by atoms with Gasteiger partial charge < -0.3 is 19.4 Å². The number of amides is 2. The molecule has 8 nitrogen and oxygen atoms in total. The molecule has 0 aliphatic heterocycles. The molecule has 1 aliphatic rings. The van der Waals surface area contributed by atoms with Gasteiger partial charge in [0.2, 0.25) is 12.1 Å². The van der Waals surface area contributed by atoms with Crippen LogP contribution < -0.4 is 10.1 Å². The lowest BCUT2D eigenvalue weighted by atomic mass is 10.00. The normalized spacial score (nSPS) is 14.6. The van der Waals surface area contributed by atoms with Gasteiger partial charge in [0.1, 0.15) is 0 Å². The topological polar surface area (TPSA) is 84.6 Å². The van der Waals surface area contributed by atoms with Crippen LogP contribution in [-0.4, -0.2) is 55.9 Å². The summed E-state index contributed by atoms with van der Waals surface area (Å²) in [6.07, 6.45) is 11.6. The zero-order valence-electron chi connectivity index (χ0n) is 23.2. The van der Waals surface area contributed by atoms with E-state index < -0.39 is 12.5 Å². The molecule has 40 heavy (non-hydrogen) atoms. The second-order valence-electron chi connectivity index (χ2n) is 10.1. The van der Waals surface area contributed by atoms with E-state index in [0.29, 0.717) is 49.1 Å². The van der Waals surface area contributed by atoms with E-state index in [1.165, 1.54) is 0 Å². The molecule has 10 heteroatoms. The van der Waals surface area contributed by atoms with Gasteiger partial charge in [0.05, 0.1) is 24.0 Å². The van der Waals surface area contributed by atoms with Gasteiger partial charge in [-0.15, -0.1) is 13.2 Å².